The zero-order valence-electron chi connectivity index (χ0n) is 9.86. The summed E-state index contributed by atoms with van der Waals surface area (Å²) in [4.78, 5) is 21.8. The molecule has 0 aliphatic rings. The summed E-state index contributed by atoms with van der Waals surface area (Å²) < 4.78 is 0. The predicted molar refractivity (Wildman–Crippen MR) is 71.8 cm³/mol. The van der Waals surface area contributed by atoms with Crippen LogP contribution in [0.4, 0.5) is 5.69 Å². The third-order valence-electron chi connectivity index (χ3n) is 2.34. The number of unbranched alkanes of at least 4 members (excludes halogenated alkanes) is 1. The van der Waals surface area contributed by atoms with Crippen LogP contribution in [-0.4, -0.2) is 29.1 Å². The van der Waals surface area contributed by atoms with Crippen molar-refractivity contribution in [1.29, 1.82) is 0 Å². The van der Waals surface area contributed by atoms with E-state index in [1.54, 1.807) is 0 Å². The lowest BCUT2D eigenvalue weighted by molar-refractivity contribution is -0.384. The summed E-state index contributed by atoms with van der Waals surface area (Å²) in [5.74, 6) is -0.473. The summed E-state index contributed by atoms with van der Waals surface area (Å²) in [5.41, 5.74) is -0.334. The van der Waals surface area contributed by atoms with Crippen molar-refractivity contribution >= 4 is 34.8 Å². The number of benzene rings is 1. The molecular formula is C11H12Cl2N2O4. The Morgan fingerprint density at radius 3 is 2.63 bits per heavy atom. The molecule has 0 radical (unpaired) electrons. The van der Waals surface area contributed by atoms with E-state index in [1.807, 2.05) is 0 Å². The fraction of sp³-hybridized carbons (Fsp3) is 0.364. The molecule has 19 heavy (non-hydrogen) atoms. The third kappa shape index (κ3) is 4.34. The molecule has 0 saturated carbocycles. The average Bonchev–Trinajstić information content (AvgIpc) is 2.37. The van der Waals surface area contributed by atoms with Crippen molar-refractivity contribution in [3.8, 4) is 0 Å². The van der Waals surface area contributed by atoms with Crippen LogP contribution >= 0.6 is 23.2 Å². The van der Waals surface area contributed by atoms with Gasteiger partial charge in [0.05, 0.1) is 9.95 Å². The van der Waals surface area contributed by atoms with Crippen molar-refractivity contribution in [2.24, 2.45) is 0 Å². The van der Waals surface area contributed by atoms with Gasteiger partial charge in [-0.1, -0.05) is 23.2 Å². The van der Waals surface area contributed by atoms with Gasteiger partial charge >= 0.3 is 0 Å². The van der Waals surface area contributed by atoms with Gasteiger partial charge in [-0.25, -0.2) is 0 Å². The standard InChI is InChI=1S/C11H12Cl2N2O4/c12-8-5-7(6-9(10(8)13)15(18)19)11(17)14-3-1-2-4-16/h5-6,16H,1-4H2,(H,14,17). The van der Waals surface area contributed by atoms with Gasteiger partial charge in [-0.3, -0.25) is 14.9 Å². The van der Waals surface area contributed by atoms with Crippen molar-refractivity contribution in [2.45, 2.75) is 12.8 Å². The number of aliphatic hydroxyl groups is 1. The van der Waals surface area contributed by atoms with Crippen molar-refractivity contribution in [2.75, 3.05) is 13.2 Å². The molecule has 0 aromatic heterocycles. The number of carbonyl (C=O) groups excluding carboxylic acids is 1. The van der Waals surface area contributed by atoms with Gasteiger partial charge in [0.2, 0.25) is 0 Å². The highest BCUT2D eigenvalue weighted by molar-refractivity contribution is 6.43. The number of rotatable bonds is 6. The molecule has 0 bridgehead atoms. The van der Waals surface area contributed by atoms with Crippen LogP contribution in [-0.2, 0) is 0 Å². The highest BCUT2D eigenvalue weighted by atomic mass is 35.5. The summed E-state index contributed by atoms with van der Waals surface area (Å²) in [7, 11) is 0. The van der Waals surface area contributed by atoms with Crippen LogP contribution in [0.1, 0.15) is 23.2 Å². The number of carbonyl (C=O) groups is 1. The summed E-state index contributed by atoms with van der Waals surface area (Å²) in [6.07, 6.45) is 1.19. The topological polar surface area (TPSA) is 92.5 Å². The van der Waals surface area contributed by atoms with Crippen LogP contribution < -0.4 is 5.32 Å². The van der Waals surface area contributed by atoms with Crippen LogP contribution in [0, 0.1) is 10.1 Å². The molecule has 104 valence electrons. The molecule has 6 nitrogen and oxygen atoms in total. The number of hydrogen-bond donors (Lipinski definition) is 2. The monoisotopic (exact) mass is 306 g/mol. The minimum absolute atomic E-state index is 0.0450. The number of halogens is 2. The summed E-state index contributed by atoms with van der Waals surface area (Å²) in [6.45, 7) is 0.418. The quantitative estimate of drug-likeness (QED) is 0.479. The van der Waals surface area contributed by atoms with Gasteiger partial charge < -0.3 is 10.4 Å². The normalized spacial score (nSPS) is 10.3. The molecular weight excluding hydrogens is 295 g/mol. The molecule has 8 heteroatoms. The van der Waals surface area contributed by atoms with Crippen molar-refractivity contribution in [1.82, 2.24) is 5.32 Å². The van der Waals surface area contributed by atoms with E-state index >= 15 is 0 Å². The summed E-state index contributed by atoms with van der Waals surface area (Å²) >= 11 is 11.4. The fourth-order valence-electron chi connectivity index (χ4n) is 1.38. The molecule has 0 spiro atoms. The van der Waals surface area contributed by atoms with Crippen LogP contribution in [0.5, 0.6) is 0 Å². The van der Waals surface area contributed by atoms with Crippen LogP contribution in [0.15, 0.2) is 12.1 Å². The number of nitrogens with zero attached hydrogens (tertiary/aromatic N) is 1. The van der Waals surface area contributed by atoms with Crippen molar-refractivity contribution < 1.29 is 14.8 Å². The van der Waals surface area contributed by atoms with Crippen LogP contribution in [0.3, 0.4) is 0 Å². The lowest BCUT2D eigenvalue weighted by Gasteiger charge is -2.06. The Kier molecular flexibility index (Phi) is 6.01. The molecule has 2 N–H and O–H groups in total. The number of nitrogens with one attached hydrogen (secondary N) is 1. The minimum Gasteiger partial charge on any atom is -0.396 e. The van der Waals surface area contributed by atoms with E-state index in [0.29, 0.717) is 19.4 Å². The number of aliphatic hydroxyl groups excluding tert-OH is 1. The zero-order valence-corrected chi connectivity index (χ0v) is 11.4. The lowest BCUT2D eigenvalue weighted by Crippen LogP contribution is -2.24. The largest absolute Gasteiger partial charge is 0.396 e. The van der Waals surface area contributed by atoms with Crippen molar-refractivity contribution in [3.63, 3.8) is 0 Å². The molecule has 1 amide bonds. The molecule has 0 atom stereocenters. The summed E-state index contributed by atoms with van der Waals surface area (Å²) in [6, 6.07) is 2.36. The molecule has 0 saturated heterocycles. The van der Waals surface area contributed by atoms with Gasteiger partial charge in [-0.05, 0) is 18.9 Å². The summed E-state index contributed by atoms with van der Waals surface area (Å²) in [5, 5.41) is 21.7. The van der Waals surface area contributed by atoms with Gasteiger partial charge in [0, 0.05) is 24.8 Å². The Balaban J connectivity index is 2.83. The molecule has 1 rings (SSSR count). The first-order chi connectivity index (χ1) is 8.97. The number of amides is 1. The van der Waals surface area contributed by atoms with E-state index in [0.717, 1.165) is 6.07 Å². The third-order valence-corrected chi connectivity index (χ3v) is 3.13. The number of nitro groups is 1. The molecule has 0 aliphatic carbocycles. The maximum absolute atomic E-state index is 11.7. The molecule has 0 aliphatic heterocycles. The number of hydrogen-bond acceptors (Lipinski definition) is 4. The highest BCUT2D eigenvalue weighted by Gasteiger charge is 2.19. The SMILES string of the molecule is O=C(NCCCCO)c1cc(Cl)c(Cl)c([N+](=O)[O-])c1. The average molecular weight is 307 g/mol. The second-order valence-electron chi connectivity index (χ2n) is 3.73. The van der Waals surface area contributed by atoms with Crippen LogP contribution in [0.25, 0.3) is 0 Å². The fourth-order valence-corrected chi connectivity index (χ4v) is 1.77. The molecule has 1 aromatic carbocycles. The van der Waals surface area contributed by atoms with E-state index in [-0.39, 0.29) is 22.2 Å². The van der Waals surface area contributed by atoms with Gasteiger partial charge in [-0.2, -0.15) is 0 Å². The Morgan fingerprint density at radius 1 is 1.37 bits per heavy atom. The molecule has 0 unspecified atom stereocenters. The van der Waals surface area contributed by atoms with Gasteiger partial charge in [0.1, 0.15) is 5.02 Å². The highest BCUT2D eigenvalue weighted by Crippen LogP contribution is 2.32. The van der Waals surface area contributed by atoms with E-state index in [1.165, 1.54) is 6.07 Å². The minimum atomic E-state index is -0.698. The molecule has 0 heterocycles. The van der Waals surface area contributed by atoms with Crippen molar-refractivity contribution in [3.05, 3.63) is 37.9 Å². The van der Waals surface area contributed by atoms with Crippen LogP contribution in [0.2, 0.25) is 10.0 Å². The maximum atomic E-state index is 11.7. The maximum Gasteiger partial charge on any atom is 0.290 e. The Morgan fingerprint density at radius 2 is 2.05 bits per heavy atom. The smallest absolute Gasteiger partial charge is 0.290 e. The second-order valence-corrected chi connectivity index (χ2v) is 4.52. The lowest BCUT2D eigenvalue weighted by atomic mass is 10.2. The Labute approximate surface area is 119 Å². The first-order valence-electron chi connectivity index (χ1n) is 5.50. The van der Waals surface area contributed by atoms with Gasteiger partial charge in [-0.15, -0.1) is 0 Å². The molecule has 1 aromatic rings. The Hall–Kier alpha value is -1.37. The first-order valence-corrected chi connectivity index (χ1v) is 6.25. The number of nitro benzene ring substituents is 1. The molecule has 0 fully saturated rings. The second kappa shape index (κ2) is 7.28. The van der Waals surface area contributed by atoms with E-state index in [2.05, 4.69) is 5.32 Å². The zero-order chi connectivity index (χ0) is 14.4. The van der Waals surface area contributed by atoms with E-state index in [4.69, 9.17) is 28.3 Å². The predicted octanol–water partition coefficient (Wildman–Crippen LogP) is 2.40. The van der Waals surface area contributed by atoms with Gasteiger partial charge in [0.15, 0.2) is 0 Å². The Bertz CT molecular complexity index is 494. The van der Waals surface area contributed by atoms with Gasteiger partial charge in [0.25, 0.3) is 11.6 Å². The van der Waals surface area contributed by atoms with E-state index in [9.17, 15) is 14.9 Å². The first kappa shape index (κ1) is 15.7. The van der Waals surface area contributed by atoms with E-state index < -0.39 is 16.5 Å².